The molecule has 0 bridgehead atoms. The van der Waals surface area contributed by atoms with Crippen molar-refractivity contribution in [1.29, 1.82) is 5.41 Å². The van der Waals surface area contributed by atoms with Crippen LogP contribution in [0, 0.1) is 5.41 Å². The number of ketones is 1. The van der Waals surface area contributed by atoms with Gasteiger partial charge in [0.1, 0.15) is 0 Å². The van der Waals surface area contributed by atoms with Crippen molar-refractivity contribution in [2.24, 2.45) is 0 Å². The summed E-state index contributed by atoms with van der Waals surface area (Å²) in [5.74, 6) is -0.292. The molecule has 2 aliphatic carbocycles. The van der Waals surface area contributed by atoms with Crippen LogP contribution in [0.4, 0.5) is 0 Å². The van der Waals surface area contributed by atoms with Crippen LogP contribution in [0.2, 0.25) is 0 Å². The van der Waals surface area contributed by atoms with Gasteiger partial charge in [0, 0.05) is 0 Å². The molecule has 1 aromatic heterocycles. The zero-order chi connectivity index (χ0) is 14.5. The van der Waals surface area contributed by atoms with Gasteiger partial charge >= 0.3 is 141 Å². The summed E-state index contributed by atoms with van der Waals surface area (Å²) in [5, 5.41) is 17.5. The summed E-state index contributed by atoms with van der Waals surface area (Å²) in [6.07, 6.45) is 9.35. The van der Waals surface area contributed by atoms with Crippen LogP contribution in [0.15, 0.2) is 17.7 Å². The fourth-order valence-corrected chi connectivity index (χ4v) is 5.83. The van der Waals surface area contributed by atoms with E-state index in [-0.39, 0.29) is 37.8 Å². The molecule has 1 heterocycles. The van der Waals surface area contributed by atoms with Crippen molar-refractivity contribution < 1.29 is 27.1 Å². The van der Waals surface area contributed by atoms with Crippen LogP contribution >= 0.6 is 30.0 Å². The van der Waals surface area contributed by atoms with E-state index in [9.17, 15) is 9.90 Å². The second-order valence-electron chi connectivity index (χ2n) is 4.71. The molecule has 6 heteroatoms. The average molecular weight is 510 g/mol. The van der Waals surface area contributed by atoms with Crippen molar-refractivity contribution in [2.45, 2.75) is 10.3 Å². The first-order valence-electron chi connectivity index (χ1n) is 5.82. The molecule has 2 aliphatic rings. The van der Waals surface area contributed by atoms with Gasteiger partial charge in [0.25, 0.3) is 0 Å². The molecule has 0 amide bonds. The summed E-state index contributed by atoms with van der Waals surface area (Å²) in [5.41, 5.74) is 1.60. The van der Waals surface area contributed by atoms with Crippen LogP contribution in [-0.2, 0) is 0 Å². The van der Waals surface area contributed by atoms with E-state index in [1.54, 1.807) is 0 Å². The summed E-state index contributed by atoms with van der Waals surface area (Å²) in [7, 11) is 0. The molecule has 3 rings (SSSR count). The van der Waals surface area contributed by atoms with Crippen molar-refractivity contribution >= 4 is 59.9 Å². The monoisotopic (exact) mass is 510 g/mol. The van der Waals surface area contributed by atoms with E-state index in [4.69, 9.17) is 5.41 Å². The summed E-state index contributed by atoms with van der Waals surface area (Å²) in [4.78, 5) is 13.7. The van der Waals surface area contributed by atoms with Gasteiger partial charge in [-0.15, -0.1) is 0 Å². The number of thiophene rings is 1. The number of alkyl halides is 1. The average Bonchev–Trinajstić information content (AvgIpc) is 2.85. The Morgan fingerprint density at radius 3 is 2.80 bits per heavy atom. The number of hydrogen-bond donors (Lipinski definition) is 2. The quantitative estimate of drug-likeness (QED) is 0.356. The second kappa shape index (κ2) is 5.06. The first-order valence-corrected chi connectivity index (χ1v) is 14.0. The van der Waals surface area contributed by atoms with Gasteiger partial charge in [0.15, 0.2) is 0 Å². The zero-order valence-corrected chi connectivity index (χ0v) is 15.5. The van der Waals surface area contributed by atoms with E-state index in [2.05, 4.69) is 43.8 Å². The third-order valence-corrected chi connectivity index (χ3v) is 12.0. The number of allylic oxidation sites excluding steroid dienone is 3. The van der Waals surface area contributed by atoms with E-state index in [0.717, 1.165) is 16.7 Å². The standard InChI is InChI=1S/C14H10I2NO2S/c1-14(16-15)4-2-7-9(3-5-14)20-13-10(7)11(18)8(6-17)12(13)19/h2-6,17-18H,1H3/q-1. The summed E-state index contributed by atoms with van der Waals surface area (Å²) in [6, 6.07) is 0. The summed E-state index contributed by atoms with van der Waals surface area (Å²) >= 11 is 3.84. The molecule has 0 saturated heterocycles. The number of aliphatic hydroxyl groups is 1. The third kappa shape index (κ3) is 2.03. The number of nitrogens with one attached hydrogen (secondary N) is 1. The maximum absolute atomic E-state index is 12.1. The van der Waals surface area contributed by atoms with Gasteiger partial charge in [-0.05, 0) is 0 Å². The van der Waals surface area contributed by atoms with Crippen LogP contribution < -0.4 is 17.2 Å². The van der Waals surface area contributed by atoms with Gasteiger partial charge in [-0.3, -0.25) is 0 Å². The van der Waals surface area contributed by atoms with Crippen molar-refractivity contribution in [2.75, 3.05) is 0 Å². The summed E-state index contributed by atoms with van der Waals surface area (Å²) in [6.45, 7) is 2.19. The Balaban J connectivity index is 2.21. The Morgan fingerprint density at radius 2 is 2.15 bits per heavy atom. The van der Waals surface area contributed by atoms with Gasteiger partial charge in [0.2, 0.25) is 0 Å². The predicted octanol–water partition coefficient (Wildman–Crippen LogP) is 1.10. The molecule has 20 heavy (non-hydrogen) atoms. The Bertz CT molecular complexity index is 730. The van der Waals surface area contributed by atoms with Gasteiger partial charge in [0.05, 0.1) is 0 Å². The van der Waals surface area contributed by atoms with Gasteiger partial charge in [-0.25, -0.2) is 0 Å². The fraction of sp³-hybridized carbons (Fsp3) is 0.143. The molecule has 1 atom stereocenters. The molecule has 0 fully saturated rings. The molecule has 0 radical (unpaired) electrons. The molecule has 0 saturated carbocycles. The minimum atomic E-state index is -0.239. The first-order chi connectivity index (χ1) is 9.50. The third-order valence-electron chi connectivity index (χ3n) is 3.35. The predicted molar refractivity (Wildman–Crippen MR) is 87.5 cm³/mol. The molecule has 1 aromatic rings. The number of aliphatic hydroxyl groups excluding tert-OH is 1. The van der Waals surface area contributed by atoms with E-state index >= 15 is 0 Å². The Labute approximate surface area is 140 Å². The first kappa shape index (κ1) is 14.5. The van der Waals surface area contributed by atoms with Crippen LogP contribution in [-0.4, -0.2) is 20.5 Å². The van der Waals surface area contributed by atoms with Crippen molar-refractivity contribution in [3.05, 3.63) is 38.6 Å². The van der Waals surface area contributed by atoms with Gasteiger partial charge in [-0.2, -0.15) is 0 Å². The van der Waals surface area contributed by atoms with Gasteiger partial charge < -0.3 is 0 Å². The molecule has 1 unspecified atom stereocenters. The minimum absolute atomic E-state index is 0.0154. The van der Waals surface area contributed by atoms with Crippen LogP contribution in [0.25, 0.3) is 17.9 Å². The Kier molecular flexibility index (Phi) is 3.66. The summed E-state index contributed by atoms with van der Waals surface area (Å²) < 4.78 is 0.0946. The van der Waals surface area contributed by atoms with Gasteiger partial charge in [-0.1, -0.05) is 0 Å². The SMILES string of the molecule is CC1([I-]I)C=Cc2sc3c(c2C=C1)C(O)=C(C=N)C3=O. The number of carbonyl (C=O) groups is 1. The Morgan fingerprint density at radius 1 is 1.45 bits per heavy atom. The zero-order valence-electron chi connectivity index (χ0n) is 10.4. The van der Waals surface area contributed by atoms with Crippen LogP contribution in [0.1, 0.15) is 32.6 Å². The number of fused-ring (bicyclic) bond motifs is 3. The van der Waals surface area contributed by atoms with E-state index in [1.165, 1.54) is 11.3 Å². The molecule has 104 valence electrons. The van der Waals surface area contributed by atoms with E-state index < -0.39 is 0 Å². The topological polar surface area (TPSA) is 61.1 Å². The van der Waals surface area contributed by atoms with Crippen molar-refractivity contribution in [3.8, 4) is 0 Å². The second-order valence-corrected chi connectivity index (χ2v) is 11.2. The number of halogens is 2. The molecule has 0 aliphatic heterocycles. The number of carbonyl (C=O) groups excluding carboxylic acids is 1. The van der Waals surface area contributed by atoms with E-state index in [1.807, 2.05) is 6.08 Å². The fourth-order valence-electron chi connectivity index (χ4n) is 2.23. The molecular formula is C14H10I2NO2S-. The number of Topliss-reactive ketones (excluding diaryl/α,β-unsaturated/α-hetero) is 1. The normalized spacial score (nSPS) is 24.0. The van der Waals surface area contributed by atoms with E-state index in [0.29, 0.717) is 10.4 Å². The van der Waals surface area contributed by atoms with Crippen molar-refractivity contribution in [3.63, 3.8) is 0 Å². The molecule has 0 aromatic carbocycles. The Hall–Kier alpha value is -0.480. The molecular weight excluding hydrogens is 500 g/mol. The van der Waals surface area contributed by atoms with Crippen LogP contribution in [0.3, 0.4) is 0 Å². The molecule has 2 N–H and O–H groups in total. The number of rotatable bonds is 2. The number of hydrogen-bond acceptors (Lipinski definition) is 4. The van der Waals surface area contributed by atoms with Crippen LogP contribution in [0.5, 0.6) is 0 Å². The van der Waals surface area contributed by atoms with Crippen molar-refractivity contribution in [1.82, 2.24) is 0 Å². The molecule has 3 nitrogen and oxygen atoms in total. The molecule has 0 spiro atoms. The maximum atomic E-state index is 12.1.